The van der Waals surface area contributed by atoms with Crippen molar-refractivity contribution in [3.05, 3.63) is 101 Å². The number of nitrogens with two attached hydrogens (primary N) is 2. The van der Waals surface area contributed by atoms with Gasteiger partial charge in [0.25, 0.3) is 0 Å². The molecule has 0 aliphatic carbocycles. The Kier molecular flexibility index (Phi) is 14.8. The third kappa shape index (κ3) is 12.7. The van der Waals surface area contributed by atoms with E-state index in [9.17, 15) is 0 Å². The van der Waals surface area contributed by atoms with Gasteiger partial charge in [-0.1, -0.05) is 98.9 Å². The Bertz CT molecular complexity index is 1200. The maximum absolute atomic E-state index is 5.66. The van der Waals surface area contributed by atoms with Gasteiger partial charge in [0.1, 0.15) is 32.2 Å². The molecule has 0 aliphatic heterocycles. The Morgan fingerprint density at radius 1 is 0.528 bits per heavy atom. The summed E-state index contributed by atoms with van der Waals surface area (Å²) < 4.78 is 0. The van der Waals surface area contributed by atoms with Crippen LogP contribution < -0.4 is 11.5 Å². The Morgan fingerprint density at radius 2 is 1.06 bits per heavy atom. The fourth-order valence-electron chi connectivity index (χ4n) is 1.94. The number of rotatable bonds is 0. The van der Waals surface area contributed by atoms with Gasteiger partial charge in [-0.05, 0) is 56.3 Å². The highest BCUT2D eigenvalue weighted by Crippen LogP contribution is 2.28. The minimum Gasteiger partial charge on any atom is -0.384 e. The number of anilines is 2. The van der Waals surface area contributed by atoms with Gasteiger partial charge in [0.05, 0.1) is 20.1 Å². The van der Waals surface area contributed by atoms with E-state index < -0.39 is 0 Å². The zero-order chi connectivity index (χ0) is 27.4. The zero-order valence-corrected chi connectivity index (χ0v) is 24.6. The zero-order valence-electron chi connectivity index (χ0n) is 18.6. The number of hydrogen-bond acceptors (Lipinski definition) is 6. The molecule has 0 fully saturated rings. The van der Waals surface area contributed by atoms with Gasteiger partial charge in [-0.15, -0.1) is 0 Å². The summed E-state index contributed by atoms with van der Waals surface area (Å²) in [6, 6.07) is 13.5. The molecule has 4 aromatic rings. The summed E-state index contributed by atoms with van der Waals surface area (Å²) in [5.41, 5.74) is 12.2. The lowest BCUT2D eigenvalue weighted by Gasteiger charge is -1.98. The Labute approximate surface area is 248 Å². The largest absolute Gasteiger partial charge is 0.384 e. The van der Waals surface area contributed by atoms with Crippen LogP contribution in [-0.4, -0.2) is 19.9 Å². The third-order valence-corrected chi connectivity index (χ3v) is 6.24. The second-order valence-electron chi connectivity index (χ2n) is 6.47. The molecule has 0 atom stereocenters. The number of nitrogens with zero attached hydrogens (tertiary/aromatic N) is 4. The molecule has 0 spiro atoms. The summed E-state index contributed by atoms with van der Waals surface area (Å²) in [5.74, 6) is 0.835. The van der Waals surface area contributed by atoms with E-state index in [2.05, 4.69) is 19.9 Å². The van der Waals surface area contributed by atoms with Crippen LogP contribution in [0.3, 0.4) is 0 Å². The van der Waals surface area contributed by atoms with E-state index >= 15 is 0 Å². The number of pyridine rings is 4. The SMILES string of the molecule is Cc1cc(Cl)c(Cl)c(Cl)n1.Cc1ccc(Cl)c(Cl)n1.Nc1ccc(Cl)c(Cl)n1.Nc1cccc(Cl)n1. The molecule has 0 aromatic carbocycles. The molecular weight excluding hydrogens is 632 g/mol. The van der Waals surface area contributed by atoms with Crippen molar-refractivity contribution >= 4 is 104 Å². The Morgan fingerprint density at radius 3 is 1.47 bits per heavy atom. The topological polar surface area (TPSA) is 104 Å². The Hall–Kier alpha value is -1.48. The number of aryl methyl sites for hydroxylation is 2. The van der Waals surface area contributed by atoms with Crippen LogP contribution >= 0.6 is 92.8 Å². The Balaban J connectivity index is 0.000000241. The molecular formula is C22H18Cl8N6. The predicted molar refractivity (Wildman–Crippen MR) is 155 cm³/mol. The fraction of sp³-hybridized carbons (Fsp3) is 0.0909. The average Bonchev–Trinajstić information content (AvgIpc) is 2.79. The number of nitrogen functional groups attached to an aromatic ring is 2. The molecule has 6 nitrogen and oxygen atoms in total. The van der Waals surface area contributed by atoms with Crippen molar-refractivity contribution in [1.82, 2.24) is 19.9 Å². The summed E-state index contributed by atoms with van der Waals surface area (Å²) >= 11 is 44.5. The molecule has 0 saturated heterocycles. The van der Waals surface area contributed by atoms with Crippen molar-refractivity contribution in [1.29, 1.82) is 0 Å². The van der Waals surface area contributed by atoms with Crippen LogP contribution in [-0.2, 0) is 0 Å². The van der Waals surface area contributed by atoms with E-state index in [1.54, 1.807) is 49.4 Å². The fourth-order valence-corrected chi connectivity index (χ4v) is 3.31. The molecule has 192 valence electrons. The van der Waals surface area contributed by atoms with Gasteiger partial charge in [0.2, 0.25) is 0 Å². The smallest absolute Gasteiger partial charge is 0.150 e. The van der Waals surface area contributed by atoms with Crippen LogP contribution in [0, 0.1) is 13.8 Å². The first-order chi connectivity index (χ1) is 16.8. The van der Waals surface area contributed by atoms with Gasteiger partial charge in [-0.2, -0.15) is 0 Å². The van der Waals surface area contributed by atoms with Crippen LogP contribution in [0.15, 0.2) is 48.5 Å². The van der Waals surface area contributed by atoms with Crippen LogP contribution in [0.5, 0.6) is 0 Å². The van der Waals surface area contributed by atoms with Crippen molar-refractivity contribution in [2.24, 2.45) is 0 Å². The highest BCUT2D eigenvalue weighted by Gasteiger charge is 2.04. The van der Waals surface area contributed by atoms with Gasteiger partial charge >= 0.3 is 0 Å². The van der Waals surface area contributed by atoms with E-state index in [-0.39, 0.29) is 10.3 Å². The van der Waals surface area contributed by atoms with E-state index in [1.807, 2.05) is 13.0 Å². The molecule has 0 radical (unpaired) electrons. The van der Waals surface area contributed by atoms with Crippen molar-refractivity contribution in [3.8, 4) is 0 Å². The van der Waals surface area contributed by atoms with Gasteiger partial charge < -0.3 is 11.5 Å². The normalized spacial score (nSPS) is 9.61. The minimum absolute atomic E-state index is 0.247. The van der Waals surface area contributed by atoms with Gasteiger partial charge in [0, 0.05) is 11.4 Å². The summed E-state index contributed by atoms with van der Waals surface area (Å²) in [5, 5.41) is 2.99. The molecule has 0 amide bonds. The first kappa shape index (κ1) is 32.5. The van der Waals surface area contributed by atoms with E-state index in [1.165, 1.54) is 0 Å². The molecule has 14 heteroatoms. The lowest BCUT2D eigenvalue weighted by Crippen LogP contribution is -1.88. The molecule has 0 aliphatic rings. The van der Waals surface area contributed by atoms with Gasteiger partial charge in [-0.3, -0.25) is 0 Å². The second kappa shape index (κ2) is 16.4. The van der Waals surface area contributed by atoms with Crippen LogP contribution in [0.1, 0.15) is 11.4 Å². The third-order valence-electron chi connectivity index (χ3n) is 3.50. The van der Waals surface area contributed by atoms with Crippen molar-refractivity contribution < 1.29 is 0 Å². The van der Waals surface area contributed by atoms with Gasteiger partial charge in [-0.25, -0.2) is 19.9 Å². The average molecular weight is 650 g/mol. The lowest BCUT2D eigenvalue weighted by atomic mass is 10.4. The summed E-state index contributed by atoms with van der Waals surface area (Å²) in [7, 11) is 0. The van der Waals surface area contributed by atoms with Gasteiger partial charge in [0.15, 0.2) is 0 Å². The highest BCUT2D eigenvalue weighted by molar-refractivity contribution is 6.47. The lowest BCUT2D eigenvalue weighted by molar-refractivity contribution is 1.20. The second-order valence-corrected chi connectivity index (χ2v) is 9.53. The van der Waals surface area contributed by atoms with E-state index in [0.29, 0.717) is 42.0 Å². The first-order valence-electron chi connectivity index (χ1n) is 9.52. The maximum Gasteiger partial charge on any atom is 0.150 e. The maximum atomic E-state index is 5.66. The van der Waals surface area contributed by atoms with Crippen LogP contribution in [0.2, 0.25) is 40.7 Å². The molecule has 0 saturated carbocycles. The monoisotopic (exact) mass is 646 g/mol. The number of aromatic nitrogens is 4. The molecule has 36 heavy (non-hydrogen) atoms. The van der Waals surface area contributed by atoms with Crippen LogP contribution in [0.4, 0.5) is 11.6 Å². The van der Waals surface area contributed by atoms with Crippen molar-refractivity contribution in [3.63, 3.8) is 0 Å². The molecule has 4 N–H and O–H groups in total. The van der Waals surface area contributed by atoms with Crippen LogP contribution in [0.25, 0.3) is 0 Å². The predicted octanol–water partition coefficient (Wildman–Crippen LogP) is 9.33. The molecule has 4 heterocycles. The molecule has 0 bridgehead atoms. The molecule has 0 unspecified atom stereocenters. The quantitative estimate of drug-likeness (QED) is 0.184. The standard InChI is InChI=1S/C6H4Cl3N.C6H5Cl2N.C5H4Cl2N2.C5H5ClN2/c1-3-2-4(7)5(8)6(9)10-3;1-4-2-3-5(7)6(8)9-4;6-3-1-2-4(8)9-5(3)7;6-4-2-1-3-5(7)8-4/h2H,1H3;2-3H,1H3;1-2H,(H2,8,9);1-3H,(H2,7,8). The van der Waals surface area contributed by atoms with E-state index in [0.717, 1.165) is 11.4 Å². The summed E-state index contributed by atoms with van der Waals surface area (Å²) in [6.07, 6.45) is 0. The highest BCUT2D eigenvalue weighted by atomic mass is 35.5. The summed E-state index contributed by atoms with van der Waals surface area (Å²) in [4.78, 5) is 15.2. The van der Waals surface area contributed by atoms with Crippen molar-refractivity contribution in [2.75, 3.05) is 11.5 Å². The first-order valence-corrected chi connectivity index (χ1v) is 12.5. The van der Waals surface area contributed by atoms with E-state index in [4.69, 9.17) is 104 Å². The molecule has 4 aromatic heterocycles. The minimum atomic E-state index is 0.247. The molecule has 4 rings (SSSR count). The van der Waals surface area contributed by atoms with Crippen molar-refractivity contribution in [2.45, 2.75) is 13.8 Å². The number of halogens is 8. The number of hydrogen-bond donors (Lipinski definition) is 2. The summed E-state index contributed by atoms with van der Waals surface area (Å²) in [6.45, 7) is 3.66.